The quantitative estimate of drug-likeness (QED) is 0.156. The minimum absolute atomic E-state index is 0.000185. The first-order valence-electron chi connectivity index (χ1n) is 16.3. The summed E-state index contributed by atoms with van der Waals surface area (Å²) in [5, 5.41) is 3.04. The van der Waals surface area contributed by atoms with Crippen LogP contribution in [0.2, 0.25) is 20.1 Å². The van der Waals surface area contributed by atoms with Crippen molar-refractivity contribution in [2.24, 2.45) is 0 Å². The minimum Gasteiger partial charge on any atom is -0.207 e. The van der Waals surface area contributed by atoms with Gasteiger partial charge in [-0.15, -0.1) is 0 Å². The van der Waals surface area contributed by atoms with Gasteiger partial charge in [-0.05, 0) is 94.2 Å². The molecule has 0 bridgehead atoms. The zero-order valence-electron chi connectivity index (χ0n) is 31.8. The molecule has 0 aromatic heterocycles. The maximum Gasteiger partial charge on any atom is 0.132 e. The Labute approximate surface area is 318 Å². The van der Waals surface area contributed by atoms with Crippen LogP contribution in [0.15, 0.2) is 60.7 Å². The van der Waals surface area contributed by atoms with Gasteiger partial charge in [-0.1, -0.05) is 154 Å². The second-order valence-corrected chi connectivity index (χ2v) is 17.9. The molecule has 0 saturated carbocycles. The number of rotatable bonds is 0. The second-order valence-electron chi connectivity index (χ2n) is 16.3. The first-order chi connectivity index (χ1) is 22.5. The molecule has 8 heteroatoms. The summed E-state index contributed by atoms with van der Waals surface area (Å²) < 4.78 is 53.0. The van der Waals surface area contributed by atoms with E-state index >= 15 is 0 Å². The zero-order valence-corrected chi connectivity index (χ0v) is 34.8. The Morgan fingerprint density at radius 1 is 0.380 bits per heavy atom. The Hall–Kier alpha value is -2.24. The fourth-order valence-electron chi connectivity index (χ4n) is 5.12. The third kappa shape index (κ3) is 13.1. The van der Waals surface area contributed by atoms with Gasteiger partial charge in [0.15, 0.2) is 0 Å². The fraction of sp³-hybridized carbons (Fsp3) is 0.429. The van der Waals surface area contributed by atoms with Crippen molar-refractivity contribution in [2.75, 3.05) is 0 Å². The van der Waals surface area contributed by atoms with E-state index in [0.717, 1.165) is 36.8 Å². The molecule has 4 rings (SSSR count). The van der Waals surface area contributed by atoms with Crippen molar-refractivity contribution >= 4 is 46.4 Å². The van der Waals surface area contributed by atoms with Gasteiger partial charge in [0.2, 0.25) is 0 Å². The SMILES string of the molecule is CC(C)(C)c1c(Cl)cccc1Cl.CC(C)(C)c1c(F)cccc1F.Cc1ccc(Cl)c(C(C)(C)C)c1Cl.Cc1ccc(F)c(C(C)(C)C)c1F. The van der Waals surface area contributed by atoms with E-state index in [-0.39, 0.29) is 22.0 Å². The average molecular weight is 775 g/mol. The summed E-state index contributed by atoms with van der Waals surface area (Å²) in [6.07, 6.45) is 0. The molecule has 4 aromatic rings. The van der Waals surface area contributed by atoms with Crippen LogP contribution in [0, 0.1) is 37.1 Å². The average Bonchev–Trinajstić information content (AvgIpc) is 2.91. The van der Waals surface area contributed by atoms with Gasteiger partial charge in [0.25, 0.3) is 0 Å². The largest absolute Gasteiger partial charge is 0.207 e. The molecule has 0 heterocycles. The van der Waals surface area contributed by atoms with E-state index in [1.54, 1.807) is 48.5 Å². The van der Waals surface area contributed by atoms with E-state index in [1.807, 2.05) is 37.3 Å². The van der Waals surface area contributed by atoms with E-state index < -0.39 is 34.1 Å². The summed E-state index contributed by atoms with van der Waals surface area (Å²) in [6.45, 7) is 27.0. The Kier molecular flexibility index (Phi) is 16.5. The maximum absolute atomic E-state index is 13.5. The predicted molar refractivity (Wildman–Crippen MR) is 210 cm³/mol. The highest BCUT2D eigenvalue weighted by Crippen LogP contribution is 2.37. The molecule has 0 radical (unpaired) electrons. The van der Waals surface area contributed by atoms with Crippen molar-refractivity contribution in [3.8, 4) is 0 Å². The first-order valence-corrected chi connectivity index (χ1v) is 17.8. The van der Waals surface area contributed by atoms with E-state index in [2.05, 4.69) is 41.5 Å². The topological polar surface area (TPSA) is 0 Å². The lowest BCUT2D eigenvalue weighted by Gasteiger charge is -2.23. The summed E-state index contributed by atoms with van der Waals surface area (Å²) in [4.78, 5) is 0. The Morgan fingerprint density at radius 2 is 0.720 bits per heavy atom. The van der Waals surface area contributed by atoms with Gasteiger partial charge in [-0.3, -0.25) is 0 Å². The zero-order chi connectivity index (χ0) is 39.2. The van der Waals surface area contributed by atoms with Crippen LogP contribution in [0.4, 0.5) is 17.6 Å². The molecule has 276 valence electrons. The Bertz CT molecular complexity index is 1570. The molecule has 0 atom stereocenters. The lowest BCUT2D eigenvalue weighted by Crippen LogP contribution is -2.16. The van der Waals surface area contributed by atoms with Crippen LogP contribution in [-0.4, -0.2) is 0 Å². The smallest absolute Gasteiger partial charge is 0.132 e. The van der Waals surface area contributed by atoms with Crippen molar-refractivity contribution in [2.45, 2.75) is 119 Å². The number of halogens is 8. The van der Waals surface area contributed by atoms with Crippen molar-refractivity contribution in [1.82, 2.24) is 0 Å². The molecule has 0 N–H and O–H groups in total. The summed E-state index contributed by atoms with van der Waals surface area (Å²) in [5.74, 6) is -1.83. The molecular weight excluding hydrogens is 722 g/mol. The molecule has 0 saturated heterocycles. The van der Waals surface area contributed by atoms with Crippen LogP contribution in [0.1, 0.15) is 116 Å². The molecule has 0 amide bonds. The molecule has 0 aliphatic carbocycles. The molecule has 0 aliphatic rings. The molecular formula is C42H52Cl4F4. The number of hydrogen-bond donors (Lipinski definition) is 0. The summed E-state index contributed by atoms with van der Waals surface area (Å²) >= 11 is 24.4. The van der Waals surface area contributed by atoms with Gasteiger partial charge in [-0.2, -0.15) is 0 Å². The van der Waals surface area contributed by atoms with E-state index in [4.69, 9.17) is 46.4 Å². The van der Waals surface area contributed by atoms with Crippen LogP contribution >= 0.6 is 46.4 Å². The van der Waals surface area contributed by atoms with E-state index in [9.17, 15) is 17.6 Å². The molecule has 0 fully saturated rings. The highest BCUT2D eigenvalue weighted by Gasteiger charge is 2.25. The normalized spacial score (nSPS) is 11.8. The summed E-state index contributed by atoms with van der Waals surface area (Å²) in [7, 11) is 0. The first kappa shape index (κ1) is 45.8. The Balaban J connectivity index is 0.000000334. The maximum atomic E-state index is 13.5. The highest BCUT2D eigenvalue weighted by atomic mass is 35.5. The molecule has 0 nitrogen and oxygen atoms in total. The molecule has 0 aliphatic heterocycles. The van der Waals surface area contributed by atoms with Crippen molar-refractivity contribution in [1.29, 1.82) is 0 Å². The highest BCUT2D eigenvalue weighted by molar-refractivity contribution is 6.37. The number of benzene rings is 4. The summed E-state index contributed by atoms with van der Waals surface area (Å²) in [6, 6.07) is 16.2. The van der Waals surface area contributed by atoms with Crippen LogP contribution in [0.3, 0.4) is 0 Å². The fourth-order valence-corrected chi connectivity index (χ4v) is 7.02. The van der Waals surface area contributed by atoms with Gasteiger partial charge in [0.05, 0.1) is 0 Å². The van der Waals surface area contributed by atoms with Gasteiger partial charge < -0.3 is 0 Å². The van der Waals surface area contributed by atoms with E-state index in [0.29, 0.717) is 5.56 Å². The monoisotopic (exact) mass is 772 g/mol. The van der Waals surface area contributed by atoms with Gasteiger partial charge >= 0.3 is 0 Å². The molecule has 0 spiro atoms. The predicted octanol–water partition coefficient (Wildman–Crippen LogP) is 15.7. The van der Waals surface area contributed by atoms with Crippen molar-refractivity contribution in [3.63, 3.8) is 0 Å². The van der Waals surface area contributed by atoms with Crippen LogP contribution in [0.25, 0.3) is 0 Å². The molecule has 4 aromatic carbocycles. The molecule has 0 unspecified atom stereocenters. The van der Waals surface area contributed by atoms with Crippen molar-refractivity contribution in [3.05, 3.63) is 137 Å². The van der Waals surface area contributed by atoms with Crippen LogP contribution in [0.5, 0.6) is 0 Å². The molecule has 50 heavy (non-hydrogen) atoms. The third-order valence-electron chi connectivity index (χ3n) is 7.49. The lowest BCUT2D eigenvalue weighted by molar-refractivity contribution is 0.472. The number of aryl methyl sites for hydroxylation is 2. The lowest BCUT2D eigenvalue weighted by atomic mass is 9.85. The summed E-state index contributed by atoms with van der Waals surface area (Å²) in [5.41, 5.74) is 3.01. The standard InChI is InChI=1S/C11H14Cl2.C11H14F2.C10H12Cl2.C10H12F2/c2*1-7-5-6-8(12)9(10(7)13)11(2,3)4;2*1-10(2,3)9-7(11)5-4-6-8(9)12/h2*5-6H,1-4H3;2*4-6H,1-3H3. The van der Waals surface area contributed by atoms with Crippen LogP contribution < -0.4 is 0 Å². The van der Waals surface area contributed by atoms with Crippen LogP contribution in [-0.2, 0) is 21.7 Å². The van der Waals surface area contributed by atoms with Gasteiger partial charge in [0, 0.05) is 31.2 Å². The van der Waals surface area contributed by atoms with Crippen molar-refractivity contribution < 1.29 is 17.6 Å². The van der Waals surface area contributed by atoms with E-state index in [1.165, 1.54) is 30.3 Å². The second kappa shape index (κ2) is 18.0. The minimum atomic E-state index is -0.486. The van der Waals surface area contributed by atoms with Gasteiger partial charge in [-0.25, -0.2) is 17.6 Å². The third-order valence-corrected chi connectivity index (χ3v) is 8.93. The Morgan fingerprint density at radius 3 is 1.04 bits per heavy atom. The number of hydrogen-bond acceptors (Lipinski definition) is 0. The van der Waals surface area contributed by atoms with Gasteiger partial charge in [0.1, 0.15) is 23.3 Å².